The van der Waals surface area contributed by atoms with Gasteiger partial charge in [-0.2, -0.15) is 0 Å². The van der Waals surface area contributed by atoms with Crippen LogP contribution in [0.1, 0.15) is 6.42 Å². The molecule has 0 radical (unpaired) electrons. The van der Waals surface area contributed by atoms with Crippen molar-refractivity contribution in [3.63, 3.8) is 0 Å². The molecular weight excluding hydrogens is 126 g/mol. The lowest BCUT2D eigenvalue weighted by molar-refractivity contribution is -0.0448. The van der Waals surface area contributed by atoms with Gasteiger partial charge in [-0.3, -0.25) is 0 Å². The van der Waals surface area contributed by atoms with Crippen molar-refractivity contribution in [3.05, 3.63) is 0 Å². The molecule has 1 aliphatic rings. The number of hydrogen-bond donors (Lipinski definition) is 2. The summed E-state index contributed by atoms with van der Waals surface area (Å²) >= 11 is 0. The van der Waals surface area contributed by atoms with Crippen LogP contribution in [0.2, 0.25) is 0 Å². The normalized spacial score (nSPS) is 34.3. The van der Waals surface area contributed by atoms with E-state index in [2.05, 4.69) is 5.32 Å². The first-order valence-corrected chi connectivity index (χ1v) is 2.97. The van der Waals surface area contributed by atoms with E-state index in [9.17, 15) is 8.78 Å². The molecule has 4 heteroatoms. The van der Waals surface area contributed by atoms with E-state index in [0.29, 0.717) is 6.54 Å². The van der Waals surface area contributed by atoms with Gasteiger partial charge in [0.15, 0.2) is 0 Å². The maximum Gasteiger partial charge on any atom is 0.265 e. The molecule has 0 amide bonds. The van der Waals surface area contributed by atoms with Gasteiger partial charge in [-0.25, -0.2) is 8.78 Å². The van der Waals surface area contributed by atoms with Gasteiger partial charge in [0.25, 0.3) is 5.92 Å². The summed E-state index contributed by atoms with van der Waals surface area (Å²) in [6.07, 6.45) is -0.131. The molecule has 1 atom stereocenters. The Morgan fingerprint density at radius 2 is 2.22 bits per heavy atom. The van der Waals surface area contributed by atoms with Crippen molar-refractivity contribution in [2.24, 2.45) is 5.73 Å². The molecule has 1 aliphatic heterocycles. The van der Waals surface area contributed by atoms with Crippen LogP contribution in [-0.4, -0.2) is 25.1 Å². The monoisotopic (exact) mass is 136 g/mol. The van der Waals surface area contributed by atoms with Gasteiger partial charge in [0.2, 0.25) is 0 Å². The lowest BCUT2D eigenvalue weighted by Gasteiger charge is -2.28. The highest BCUT2D eigenvalue weighted by molar-refractivity contribution is 4.86. The fourth-order valence-corrected chi connectivity index (χ4v) is 0.847. The molecular formula is C5H10F2N2. The van der Waals surface area contributed by atoms with E-state index in [-0.39, 0.29) is 13.0 Å². The average molecular weight is 136 g/mol. The molecule has 0 unspecified atom stereocenters. The molecule has 1 rings (SSSR count). The Morgan fingerprint density at radius 3 is 2.56 bits per heavy atom. The molecule has 3 N–H and O–H groups in total. The minimum Gasteiger partial charge on any atom is -0.322 e. The van der Waals surface area contributed by atoms with Gasteiger partial charge in [0.1, 0.15) is 0 Å². The highest BCUT2D eigenvalue weighted by atomic mass is 19.3. The predicted octanol–water partition coefficient (Wildman–Crippen LogP) is -0.0577. The predicted molar refractivity (Wildman–Crippen MR) is 30.4 cm³/mol. The zero-order valence-corrected chi connectivity index (χ0v) is 5.03. The quantitative estimate of drug-likeness (QED) is 0.489. The van der Waals surface area contributed by atoms with Crippen LogP contribution in [0.5, 0.6) is 0 Å². The van der Waals surface area contributed by atoms with Gasteiger partial charge in [-0.15, -0.1) is 0 Å². The van der Waals surface area contributed by atoms with Crippen molar-refractivity contribution >= 4 is 0 Å². The van der Waals surface area contributed by atoms with Crippen LogP contribution in [0.4, 0.5) is 8.78 Å². The maximum absolute atomic E-state index is 12.4. The maximum atomic E-state index is 12.4. The second-order valence-electron chi connectivity index (χ2n) is 2.32. The van der Waals surface area contributed by atoms with Crippen molar-refractivity contribution in [2.75, 3.05) is 13.1 Å². The Morgan fingerprint density at radius 1 is 1.56 bits per heavy atom. The number of nitrogens with one attached hydrogen (secondary N) is 1. The van der Waals surface area contributed by atoms with Crippen molar-refractivity contribution in [1.29, 1.82) is 0 Å². The SMILES string of the molecule is N[C@H]1CNCCC1(F)F. The molecule has 1 heterocycles. The summed E-state index contributed by atoms with van der Waals surface area (Å²) in [4.78, 5) is 0. The second-order valence-corrected chi connectivity index (χ2v) is 2.32. The van der Waals surface area contributed by atoms with Crippen LogP contribution in [-0.2, 0) is 0 Å². The van der Waals surface area contributed by atoms with E-state index in [1.54, 1.807) is 0 Å². The summed E-state index contributed by atoms with van der Waals surface area (Å²) in [5, 5.41) is 2.79. The molecule has 0 spiro atoms. The fourth-order valence-electron chi connectivity index (χ4n) is 0.847. The summed E-state index contributed by atoms with van der Waals surface area (Å²) in [6.45, 7) is 0.605. The van der Waals surface area contributed by atoms with Crippen LogP contribution in [0.3, 0.4) is 0 Å². The summed E-state index contributed by atoms with van der Waals surface area (Å²) in [6, 6.07) is -0.994. The van der Waals surface area contributed by atoms with Gasteiger partial charge in [-0.05, 0) is 0 Å². The van der Waals surface area contributed by atoms with Gasteiger partial charge in [0, 0.05) is 19.5 Å². The van der Waals surface area contributed by atoms with Crippen molar-refractivity contribution in [3.8, 4) is 0 Å². The zero-order chi connectivity index (χ0) is 6.91. The highest BCUT2D eigenvalue weighted by Crippen LogP contribution is 2.22. The van der Waals surface area contributed by atoms with Crippen molar-refractivity contribution in [1.82, 2.24) is 5.32 Å². The number of rotatable bonds is 0. The summed E-state index contributed by atoms with van der Waals surface area (Å²) in [5.74, 6) is -2.65. The average Bonchev–Trinajstić information content (AvgIpc) is 1.77. The standard InChI is InChI=1S/C5H10F2N2/c6-5(7)1-2-9-3-4(5)8/h4,9H,1-3,8H2/t4-/m0/s1. The third-order valence-corrected chi connectivity index (χ3v) is 1.54. The molecule has 0 saturated carbocycles. The van der Waals surface area contributed by atoms with Crippen LogP contribution >= 0.6 is 0 Å². The van der Waals surface area contributed by atoms with Gasteiger partial charge >= 0.3 is 0 Å². The van der Waals surface area contributed by atoms with E-state index < -0.39 is 12.0 Å². The lowest BCUT2D eigenvalue weighted by Crippen LogP contribution is -2.53. The van der Waals surface area contributed by atoms with Gasteiger partial charge < -0.3 is 11.1 Å². The topological polar surface area (TPSA) is 38.0 Å². The molecule has 9 heavy (non-hydrogen) atoms. The Balaban J connectivity index is 2.49. The van der Waals surface area contributed by atoms with Crippen LogP contribution < -0.4 is 11.1 Å². The first-order valence-electron chi connectivity index (χ1n) is 2.97. The largest absolute Gasteiger partial charge is 0.322 e. The summed E-state index contributed by atoms with van der Waals surface area (Å²) < 4.78 is 24.9. The van der Waals surface area contributed by atoms with Crippen molar-refractivity contribution in [2.45, 2.75) is 18.4 Å². The van der Waals surface area contributed by atoms with Crippen LogP contribution in [0.25, 0.3) is 0 Å². The van der Waals surface area contributed by atoms with E-state index in [1.807, 2.05) is 0 Å². The lowest BCUT2D eigenvalue weighted by atomic mass is 10.0. The minimum absolute atomic E-state index is 0.131. The Bertz CT molecular complexity index is 105. The number of hydrogen-bond acceptors (Lipinski definition) is 2. The third-order valence-electron chi connectivity index (χ3n) is 1.54. The van der Waals surface area contributed by atoms with Crippen LogP contribution in [0.15, 0.2) is 0 Å². The summed E-state index contributed by atoms with van der Waals surface area (Å²) in [5.41, 5.74) is 5.10. The van der Waals surface area contributed by atoms with Gasteiger partial charge in [-0.1, -0.05) is 0 Å². The highest BCUT2D eigenvalue weighted by Gasteiger charge is 2.38. The molecule has 2 nitrogen and oxygen atoms in total. The molecule has 0 aromatic carbocycles. The number of nitrogens with two attached hydrogens (primary N) is 1. The summed E-state index contributed by atoms with van der Waals surface area (Å²) in [7, 11) is 0. The first kappa shape index (κ1) is 6.89. The number of piperidine rings is 1. The van der Waals surface area contributed by atoms with Crippen molar-refractivity contribution < 1.29 is 8.78 Å². The molecule has 1 saturated heterocycles. The number of halogens is 2. The minimum atomic E-state index is -2.65. The second kappa shape index (κ2) is 2.19. The van der Waals surface area contributed by atoms with E-state index in [1.165, 1.54) is 0 Å². The Hall–Kier alpha value is -0.220. The van der Waals surface area contributed by atoms with Crippen LogP contribution in [0, 0.1) is 0 Å². The fraction of sp³-hybridized carbons (Fsp3) is 1.00. The molecule has 0 aliphatic carbocycles. The molecule has 54 valence electrons. The zero-order valence-electron chi connectivity index (χ0n) is 5.03. The molecule has 0 aromatic heterocycles. The first-order chi connectivity index (χ1) is 4.13. The third kappa shape index (κ3) is 1.37. The molecule has 1 fully saturated rings. The van der Waals surface area contributed by atoms with E-state index in [4.69, 9.17) is 5.73 Å². The Kier molecular flexibility index (Phi) is 1.68. The van der Waals surface area contributed by atoms with E-state index in [0.717, 1.165) is 0 Å². The van der Waals surface area contributed by atoms with E-state index >= 15 is 0 Å². The Labute approximate surface area is 52.4 Å². The number of alkyl halides is 2. The van der Waals surface area contributed by atoms with Gasteiger partial charge in [0.05, 0.1) is 6.04 Å². The molecule has 0 bridgehead atoms. The molecule has 0 aromatic rings. The smallest absolute Gasteiger partial charge is 0.265 e.